The average Bonchev–Trinajstić information content (AvgIpc) is 2.92. The van der Waals surface area contributed by atoms with Gasteiger partial charge in [0, 0.05) is 11.9 Å². The van der Waals surface area contributed by atoms with Gasteiger partial charge in [-0.05, 0) is 36.1 Å². The van der Waals surface area contributed by atoms with Crippen molar-refractivity contribution in [3.8, 4) is 11.3 Å². The first-order chi connectivity index (χ1) is 9.56. The highest BCUT2D eigenvalue weighted by Gasteiger charge is 2.14. The third kappa shape index (κ3) is 3.68. The van der Waals surface area contributed by atoms with Gasteiger partial charge in [0.2, 0.25) is 5.91 Å². The molecule has 0 spiro atoms. The van der Waals surface area contributed by atoms with Crippen LogP contribution in [0.2, 0.25) is 0 Å². The van der Waals surface area contributed by atoms with Crippen LogP contribution in [-0.4, -0.2) is 22.1 Å². The Labute approximate surface area is 118 Å². The predicted octanol–water partition coefficient (Wildman–Crippen LogP) is 2.39. The molecular formula is C15H20N4O. The van der Waals surface area contributed by atoms with Crippen molar-refractivity contribution >= 4 is 11.6 Å². The summed E-state index contributed by atoms with van der Waals surface area (Å²) in [5.41, 5.74) is 8.56. The van der Waals surface area contributed by atoms with E-state index in [0.29, 0.717) is 12.3 Å². The summed E-state index contributed by atoms with van der Waals surface area (Å²) in [5, 5.41) is 9.63. The quantitative estimate of drug-likeness (QED) is 0.781. The molecule has 2 aromatic rings. The molecule has 5 nitrogen and oxygen atoms in total. The fourth-order valence-electron chi connectivity index (χ4n) is 2.00. The van der Waals surface area contributed by atoms with Gasteiger partial charge < -0.3 is 11.1 Å². The highest BCUT2D eigenvalue weighted by atomic mass is 16.2. The van der Waals surface area contributed by atoms with Crippen molar-refractivity contribution in [2.75, 3.05) is 5.32 Å². The van der Waals surface area contributed by atoms with Gasteiger partial charge in [0.25, 0.3) is 0 Å². The van der Waals surface area contributed by atoms with Crippen LogP contribution >= 0.6 is 0 Å². The van der Waals surface area contributed by atoms with Gasteiger partial charge in [-0.25, -0.2) is 0 Å². The van der Waals surface area contributed by atoms with Crippen LogP contribution in [0.25, 0.3) is 11.3 Å². The maximum Gasteiger partial charge on any atom is 0.241 e. The van der Waals surface area contributed by atoms with Gasteiger partial charge in [0.1, 0.15) is 0 Å². The molecule has 0 saturated heterocycles. The topological polar surface area (TPSA) is 83.8 Å². The first-order valence-electron chi connectivity index (χ1n) is 6.72. The smallest absolute Gasteiger partial charge is 0.241 e. The van der Waals surface area contributed by atoms with E-state index in [1.165, 1.54) is 0 Å². The van der Waals surface area contributed by atoms with Crippen LogP contribution in [0.15, 0.2) is 36.5 Å². The number of aromatic amines is 1. The van der Waals surface area contributed by atoms with Crippen LogP contribution in [-0.2, 0) is 4.79 Å². The molecule has 2 rings (SSSR count). The van der Waals surface area contributed by atoms with Gasteiger partial charge in [0.15, 0.2) is 0 Å². The first-order valence-corrected chi connectivity index (χ1v) is 6.72. The molecule has 4 N–H and O–H groups in total. The van der Waals surface area contributed by atoms with E-state index in [4.69, 9.17) is 5.73 Å². The number of rotatable bonds is 5. The van der Waals surface area contributed by atoms with Gasteiger partial charge in [-0.2, -0.15) is 5.10 Å². The maximum atomic E-state index is 11.9. The Balaban J connectivity index is 1.99. The third-order valence-electron chi connectivity index (χ3n) is 3.03. The Bertz CT molecular complexity index is 546. The molecular weight excluding hydrogens is 252 g/mol. The van der Waals surface area contributed by atoms with Gasteiger partial charge in [-0.1, -0.05) is 26.0 Å². The van der Waals surface area contributed by atoms with E-state index in [0.717, 1.165) is 16.9 Å². The normalized spacial score (nSPS) is 12.4. The lowest BCUT2D eigenvalue weighted by atomic mass is 10.0. The standard InChI is InChI=1S/C15H20N4O/c1-10(2)9-13(16)15(20)18-12-5-3-11(4-6-12)14-7-8-17-19-14/h3-8,10,13H,9,16H2,1-2H3,(H,17,19)(H,18,20)/t13-/m1/s1. The summed E-state index contributed by atoms with van der Waals surface area (Å²) in [6, 6.07) is 8.99. The van der Waals surface area contributed by atoms with E-state index in [2.05, 4.69) is 15.5 Å². The van der Waals surface area contributed by atoms with Crippen molar-refractivity contribution in [3.05, 3.63) is 36.5 Å². The van der Waals surface area contributed by atoms with E-state index in [1.807, 2.05) is 44.2 Å². The van der Waals surface area contributed by atoms with E-state index in [-0.39, 0.29) is 5.91 Å². The van der Waals surface area contributed by atoms with Gasteiger partial charge in [-0.3, -0.25) is 9.89 Å². The number of nitrogens with one attached hydrogen (secondary N) is 2. The number of hydrogen-bond donors (Lipinski definition) is 3. The molecule has 5 heteroatoms. The average molecular weight is 272 g/mol. The highest BCUT2D eigenvalue weighted by Crippen LogP contribution is 2.19. The van der Waals surface area contributed by atoms with E-state index < -0.39 is 6.04 Å². The fraction of sp³-hybridized carbons (Fsp3) is 0.333. The molecule has 1 heterocycles. The molecule has 0 fully saturated rings. The Morgan fingerprint density at radius 1 is 1.30 bits per heavy atom. The summed E-state index contributed by atoms with van der Waals surface area (Å²) >= 11 is 0. The summed E-state index contributed by atoms with van der Waals surface area (Å²) < 4.78 is 0. The minimum atomic E-state index is -0.470. The van der Waals surface area contributed by atoms with E-state index in [1.54, 1.807) is 6.20 Å². The van der Waals surface area contributed by atoms with Crippen LogP contribution in [0.4, 0.5) is 5.69 Å². The van der Waals surface area contributed by atoms with Crippen molar-refractivity contribution in [2.45, 2.75) is 26.3 Å². The monoisotopic (exact) mass is 272 g/mol. The van der Waals surface area contributed by atoms with Crippen molar-refractivity contribution in [1.29, 1.82) is 0 Å². The molecule has 1 aromatic carbocycles. The zero-order valence-electron chi connectivity index (χ0n) is 11.8. The van der Waals surface area contributed by atoms with Crippen LogP contribution in [0, 0.1) is 5.92 Å². The number of H-pyrrole nitrogens is 1. The molecule has 0 aliphatic heterocycles. The molecule has 1 aromatic heterocycles. The molecule has 0 aliphatic rings. The van der Waals surface area contributed by atoms with Gasteiger partial charge >= 0.3 is 0 Å². The van der Waals surface area contributed by atoms with Crippen molar-refractivity contribution in [1.82, 2.24) is 10.2 Å². The number of nitrogens with two attached hydrogens (primary N) is 1. The van der Waals surface area contributed by atoms with Crippen LogP contribution in [0.1, 0.15) is 20.3 Å². The second kappa shape index (κ2) is 6.34. The summed E-state index contributed by atoms with van der Waals surface area (Å²) in [6.45, 7) is 4.10. The summed E-state index contributed by atoms with van der Waals surface area (Å²) in [6.07, 6.45) is 2.38. The van der Waals surface area contributed by atoms with E-state index in [9.17, 15) is 4.79 Å². The molecule has 0 saturated carbocycles. The molecule has 1 amide bonds. The molecule has 0 bridgehead atoms. The molecule has 0 radical (unpaired) electrons. The number of amides is 1. The predicted molar refractivity (Wildman–Crippen MR) is 80.1 cm³/mol. The van der Waals surface area contributed by atoms with Crippen molar-refractivity contribution < 1.29 is 4.79 Å². The van der Waals surface area contributed by atoms with Crippen molar-refractivity contribution in [2.24, 2.45) is 11.7 Å². The number of carbonyl (C=O) groups excluding carboxylic acids is 1. The summed E-state index contributed by atoms with van der Waals surface area (Å²) in [4.78, 5) is 11.9. The highest BCUT2D eigenvalue weighted by molar-refractivity contribution is 5.94. The minimum Gasteiger partial charge on any atom is -0.325 e. The van der Waals surface area contributed by atoms with Crippen LogP contribution in [0.3, 0.4) is 0 Å². The summed E-state index contributed by atoms with van der Waals surface area (Å²) in [7, 11) is 0. The molecule has 20 heavy (non-hydrogen) atoms. The largest absolute Gasteiger partial charge is 0.325 e. The molecule has 1 atom stereocenters. The number of aromatic nitrogens is 2. The number of benzene rings is 1. The molecule has 0 aliphatic carbocycles. The number of anilines is 1. The number of carbonyl (C=O) groups is 1. The first kappa shape index (κ1) is 14.3. The van der Waals surface area contributed by atoms with Crippen molar-refractivity contribution in [3.63, 3.8) is 0 Å². The lowest BCUT2D eigenvalue weighted by Crippen LogP contribution is -2.36. The number of hydrogen-bond acceptors (Lipinski definition) is 3. The number of nitrogens with zero attached hydrogens (tertiary/aromatic N) is 1. The lowest BCUT2D eigenvalue weighted by molar-refractivity contribution is -0.117. The second-order valence-corrected chi connectivity index (χ2v) is 5.27. The fourth-order valence-corrected chi connectivity index (χ4v) is 2.00. The SMILES string of the molecule is CC(C)C[C@@H](N)C(=O)Nc1ccc(-c2ccn[nH]2)cc1. The molecule has 106 valence electrons. The zero-order valence-corrected chi connectivity index (χ0v) is 11.8. The maximum absolute atomic E-state index is 11.9. The van der Waals surface area contributed by atoms with Crippen LogP contribution < -0.4 is 11.1 Å². The lowest BCUT2D eigenvalue weighted by Gasteiger charge is -2.14. The molecule has 0 unspecified atom stereocenters. The van der Waals surface area contributed by atoms with Gasteiger partial charge in [0.05, 0.1) is 11.7 Å². The van der Waals surface area contributed by atoms with E-state index >= 15 is 0 Å². The second-order valence-electron chi connectivity index (χ2n) is 5.27. The third-order valence-corrected chi connectivity index (χ3v) is 3.03. The zero-order chi connectivity index (χ0) is 14.5. The Morgan fingerprint density at radius 3 is 2.55 bits per heavy atom. The Morgan fingerprint density at radius 2 is 2.00 bits per heavy atom. The summed E-state index contributed by atoms with van der Waals surface area (Å²) in [5.74, 6) is 0.256. The Hall–Kier alpha value is -2.14. The minimum absolute atomic E-state index is 0.145. The van der Waals surface area contributed by atoms with Crippen LogP contribution in [0.5, 0.6) is 0 Å². The Kier molecular flexibility index (Phi) is 4.53. The van der Waals surface area contributed by atoms with Gasteiger partial charge in [-0.15, -0.1) is 0 Å².